The van der Waals surface area contributed by atoms with Crippen LogP contribution in [0.5, 0.6) is 0 Å². The van der Waals surface area contributed by atoms with E-state index in [1.807, 2.05) is 0 Å². The third-order valence-corrected chi connectivity index (χ3v) is 5.25. The molecule has 21 heavy (non-hydrogen) atoms. The highest BCUT2D eigenvalue weighted by Crippen LogP contribution is 2.27. The first-order valence-electron chi connectivity index (χ1n) is 6.03. The topological polar surface area (TPSA) is 67.6 Å². The van der Waals surface area contributed by atoms with Gasteiger partial charge in [0, 0.05) is 19.4 Å². The molecule has 0 fully saturated rings. The van der Waals surface area contributed by atoms with Gasteiger partial charge >= 0.3 is 0 Å². The van der Waals surface area contributed by atoms with Gasteiger partial charge in [-0.15, -0.1) is 0 Å². The van der Waals surface area contributed by atoms with Gasteiger partial charge < -0.3 is 0 Å². The molecule has 0 aliphatic carbocycles. The first kappa shape index (κ1) is 13.8. The summed E-state index contributed by atoms with van der Waals surface area (Å²) in [6.07, 6.45) is 4.65. The predicted molar refractivity (Wildman–Crippen MR) is 80.0 cm³/mol. The molecule has 3 heterocycles. The lowest BCUT2D eigenvalue weighted by atomic mass is 10.4. The number of hydrogen-bond acceptors (Lipinski definition) is 4. The molecule has 3 aromatic heterocycles. The highest BCUT2D eigenvalue weighted by molar-refractivity contribution is 7.92. The number of hydrogen-bond donors (Lipinski definition) is 0. The van der Waals surface area contributed by atoms with Gasteiger partial charge in [0.15, 0.2) is 10.2 Å². The molecule has 0 radical (unpaired) electrons. The van der Waals surface area contributed by atoms with Crippen molar-refractivity contribution < 1.29 is 8.42 Å². The van der Waals surface area contributed by atoms with E-state index < -0.39 is 10.0 Å². The molecular weight excluding hydrogens is 312 g/mol. The van der Waals surface area contributed by atoms with Crippen LogP contribution < -0.4 is 4.31 Å². The minimum absolute atomic E-state index is 0.0584. The molecule has 3 aromatic rings. The van der Waals surface area contributed by atoms with Crippen molar-refractivity contribution in [3.05, 3.63) is 54.1 Å². The lowest BCUT2D eigenvalue weighted by Gasteiger charge is -2.18. The molecule has 0 spiro atoms. The summed E-state index contributed by atoms with van der Waals surface area (Å²) >= 11 is 6.03. The number of rotatable bonds is 3. The van der Waals surface area contributed by atoms with Crippen molar-refractivity contribution in [1.29, 1.82) is 0 Å². The van der Waals surface area contributed by atoms with Gasteiger partial charge in [0.05, 0.1) is 11.9 Å². The standard InChI is InChI=1S/C13H11ClN4O2S/c1-17(10-5-4-7-15-9-10)21(19,20)13-12(14)16-11-6-2-3-8-18(11)13/h2-9H,1H3. The van der Waals surface area contributed by atoms with Crippen LogP contribution in [-0.4, -0.2) is 29.8 Å². The molecule has 6 nitrogen and oxygen atoms in total. The second kappa shape index (κ2) is 5.01. The second-order valence-electron chi connectivity index (χ2n) is 4.32. The van der Waals surface area contributed by atoms with E-state index in [1.165, 1.54) is 17.6 Å². The van der Waals surface area contributed by atoms with Crippen LogP contribution in [0, 0.1) is 0 Å². The molecule has 0 N–H and O–H groups in total. The Balaban J connectivity index is 2.19. The molecule has 8 heteroatoms. The van der Waals surface area contributed by atoms with Gasteiger partial charge in [-0.25, -0.2) is 4.98 Å². The number of pyridine rings is 2. The van der Waals surface area contributed by atoms with Crippen molar-refractivity contribution in [3.63, 3.8) is 0 Å². The van der Waals surface area contributed by atoms with Gasteiger partial charge in [0.1, 0.15) is 5.65 Å². The Bertz CT molecular complexity index is 893. The van der Waals surface area contributed by atoms with Crippen molar-refractivity contribution in [2.75, 3.05) is 11.4 Å². The van der Waals surface area contributed by atoms with Crippen molar-refractivity contribution >= 4 is 33.0 Å². The fourth-order valence-corrected chi connectivity index (χ4v) is 3.76. The molecule has 0 aliphatic heterocycles. The Morgan fingerprint density at radius 1 is 1.24 bits per heavy atom. The van der Waals surface area contributed by atoms with Crippen LogP contribution in [0.15, 0.2) is 53.9 Å². The summed E-state index contributed by atoms with van der Waals surface area (Å²) in [5.41, 5.74) is 0.917. The number of imidazole rings is 1. The summed E-state index contributed by atoms with van der Waals surface area (Å²) in [6, 6.07) is 8.49. The molecule has 108 valence electrons. The molecule has 0 aromatic carbocycles. The molecule has 0 bridgehead atoms. The van der Waals surface area contributed by atoms with E-state index in [2.05, 4.69) is 9.97 Å². The molecule has 3 rings (SSSR count). The van der Waals surface area contributed by atoms with Crippen LogP contribution in [0.2, 0.25) is 5.15 Å². The third kappa shape index (κ3) is 2.24. The van der Waals surface area contributed by atoms with E-state index in [0.29, 0.717) is 11.3 Å². The summed E-state index contributed by atoms with van der Waals surface area (Å²) in [5, 5.41) is -0.122. The Kier molecular flexibility index (Phi) is 3.30. The number of sulfonamides is 1. The van der Waals surface area contributed by atoms with Crippen LogP contribution in [0.4, 0.5) is 5.69 Å². The van der Waals surface area contributed by atoms with Gasteiger partial charge in [0.2, 0.25) is 0 Å². The van der Waals surface area contributed by atoms with Gasteiger partial charge in [-0.2, -0.15) is 8.42 Å². The van der Waals surface area contributed by atoms with Crippen LogP contribution in [0.1, 0.15) is 0 Å². The minimum Gasteiger partial charge on any atom is -0.288 e. The maximum absolute atomic E-state index is 12.8. The molecule has 0 unspecified atom stereocenters. The molecule has 0 saturated heterocycles. The molecule has 0 atom stereocenters. The lowest BCUT2D eigenvalue weighted by Crippen LogP contribution is -2.28. The van der Waals surface area contributed by atoms with E-state index in [1.54, 1.807) is 42.7 Å². The van der Waals surface area contributed by atoms with Crippen molar-refractivity contribution in [3.8, 4) is 0 Å². The molecule has 0 saturated carbocycles. The van der Waals surface area contributed by atoms with Gasteiger partial charge in [-0.05, 0) is 24.3 Å². The maximum Gasteiger partial charge on any atom is 0.283 e. The van der Waals surface area contributed by atoms with Crippen molar-refractivity contribution in [1.82, 2.24) is 14.4 Å². The molecular formula is C13H11ClN4O2S. The van der Waals surface area contributed by atoms with Gasteiger partial charge in [-0.1, -0.05) is 17.7 Å². The summed E-state index contributed by atoms with van der Waals surface area (Å²) in [5.74, 6) is 0. The lowest BCUT2D eigenvalue weighted by molar-refractivity contribution is 0.589. The summed E-state index contributed by atoms with van der Waals surface area (Å²) in [6.45, 7) is 0. The van der Waals surface area contributed by atoms with Crippen molar-refractivity contribution in [2.45, 2.75) is 5.03 Å². The van der Waals surface area contributed by atoms with Crippen LogP contribution >= 0.6 is 11.6 Å². The van der Waals surface area contributed by atoms with Crippen LogP contribution in [0.3, 0.4) is 0 Å². The van der Waals surface area contributed by atoms with Gasteiger partial charge in [0.25, 0.3) is 10.0 Å². The normalized spacial score (nSPS) is 11.7. The SMILES string of the molecule is CN(c1cccnc1)S(=O)(=O)c1c(Cl)nc2ccccn12. The van der Waals surface area contributed by atoms with Crippen molar-refractivity contribution in [2.24, 2.45) is 0 Å². The van der Waals surface area contributed by atoms with E-state index in [4.69, 9.17) is 11.6 Å². The van der Waals surface area contributed by atoms with Crippen LogP contribution in [-0.2, 0) is 10.0 Å². The first-order valence-corrected chi connectivity index (χ1v) is 7.85. The van der Waals surface area contributed by atoms with E-state index in [-0.39, 0.29) is 10.2 Å². The van der Waals surface area contributed by atoms with E-state index in [0.717, 1.165) is 4.31 Å². The second-order valence-corrected chi connectivity index (χ2v) is 6.56. The Morgan fingerprint density at radius 3 is 2.76 bits per heavy atom. The molecule has 0 aliphatic rings. The number of aromatic nitrogens is 3. The Labute approximate surface area is 126 Å². The van der Waals surface area contributed by atoms with Gasteiger partial charge in [-0.3, -0.25) is 13.7 Å². The zero-order valence-corrected chi connectivity index (χ0v) is 12.6. The number of anilines is 1. The fourth-order valence-electron chi connectivity index (χ4n) is 1.98. The smallest absolute Gasteiger partial charge is 0.283 e. The fraction of sp³-hybridized carbons (Fsp3) is 0.0769. The van der Waals surface area contributed by atoms with E-state index >= 15 is 0 Å². The van der Waals surface area contributed by atoms with Crippen LogP contribution in [0.25, 0.3) is 5.65 Å². The summed E-state index contributed by atoms with van der Waals surface area (Å²) in [4.78, 5) is 7.99. The molecule has 0 amide bonds. The summed E-state index contributed by atoms with van der Waals surface area (Å²) in [7, 11) is -2.39. The average molecular weight is 323 g/mol. The minimum atomic E-state index is -3.84. The Morgan fingerprint density at radius 2 is 2.05 bits per heavy atom. The predicted octanol–water partition coefficient (Wildman–Crippen LogP) is 2.21. The largest absolute Gasteiger partial charge is 0.288 e. The first-order chi connectivity index (χ1) is 10.0. The average Bonchev–Trinajstić information content (AvgIpc) is 2.83. The summed E-state index contributed by atoms with van der Waals surface area (Å²) < 4.78 is 28.1. The van der Waals surface area contributed by atoms with E-state index in [9.17, 15) is 8.42 Å². The zero-order chi connectivity index (χ0) is 15.0. The third-order valence-electron chi connectivity index (χ3n) is 3.06. The zero-order valence-electron chi connectivity index (χ0n) is 11.0. The Hall–Kier alpha value is -2.12. The number of fused-ring (bicyclic) bond motifs is 1. The number of halogens is 1. The maximum atomic E-state index is 12.8. The quantitative estimate of drug-likeness (QED) is 0.741. The highest BCUT2D eigenvalue weighted by atomic mass is 35.5. The monoisotopic (exact) mass is 322 g/mol. The highest BCUT2D eigenvalue weighted by Gasteiger charge is 2.29. The number of nitrogens with zero attached hydrogens (tertiary/aromatic N) is 4.